The quantitative estimate of drug-likeness (QED) is 0.525. The summed E-state index contributed by atoms with van der Waals surface area (Å²) in [6.45, 7) is 3.34. The van der Waals surface area contributed by atoms with Crippen molar-refractivity contribution < 1.29 is 14.5 Å². The van der Waals surface area contributed by atoms with Crippen LogP contribution in [-0.4, -0.2) is 27.3 Å². The van der Waals surface area contributed by atoms with Gasteiger partial charge >= 0.3 is 6.03 Å². The minimum absolute atomic E-state index is 0.0965. The van der Waals surface area contributed by atoms with Crippen LogP contribution in [0.2, 0.25) is 5.02 Å². The third-order valence-corrected chi connectivity index (χ3v) is 3.99. The zero-order chi connectivity index (χ0) is 15.8. The van der Waals surface area contributed by atoms with E-state index in [1.54, 1.807) is 13.8 Å². The molecule has 8 heteroatoms. The SMILES string of the molecule is CCC1(C)NC(=O)N(Cc2cc([N+](=O)[O-])ccc2Cl)C1=O. The molecule has 0 aliphatic carbocycles. The molecular weight excluding hydrogens is 298 g/mol. The predicted molar refractivity (Wildman–Crippen MR) is 75.9 cm³/mol. The molecule has 1 aliphatic rings. The first-order valence-corrected chi connectivity index (χ1v) is 6.73. The third-order valence-electron chi connectivity index (χ3n) is 3.62. The molecule has 1 aromatic carbocycles. The van der Waals surface area contributed by atoms with Crippen molar-refractivity contribution >= 4 is 29.2 Å². The summed E-state index contributed by atoms with van der Waals surface area (Å²) in [7, 11) is 0. The van der Waals surface area contributed by atoms with E-state index in [9.17, 15) is 19.7 Å². The Balaban J connectivity index is 2.30. The monoisotopic (exact) mass is 311 g/mol. The maximum atomic E-state index is 12.3. The molecule has 1 N–H and O–H groups in total. The van der Waals surface area contributed by atoms with Crippen molar-refractivity contribution in [2.45, 2.75) is 32.4 Å². The van der Waals surface area contributed by atoms with E-state index in [0.717, 1.165) is 4.90 Å². The zero-order valence-electron chi connectivity index (χ0n) is 11.6. The number of urea groups is 1. The van der Waals surface area contributed by atoms with E-state index in [-0.39, 0.29) is 23.2 Å². The lowest BCUT2D eigenvalue weighted by Crippen LogP contribution is -2.43. The van der Waals surface area contributed by atoms with Gasteiger partial charge in [0, 0.05) is 17.2 Å². The predicted octanol–water partition coefficient (Wildman–Crippen LogP) is 2.47. The first-order valence-electron chi connectivity index (χ1n) is 6.35. The Morgan fingerprint density at radius 2 is 2.10 bits per heavy atom. The highest BCUT2D eigenvalue weighted by Crippen LogP contribution is 2.27. The number of carbonyl (C=O) groups excluding carboxylic acids is 2. The van der Waals surface area contributed by atoms with E-state index in [1.807, 2.05) is 0 Å². The van der Waals surface area contributed by atoms with Gasteiger partial charge in [-0.25, -0.2) is 4.79 Å². The normalized spacial score (nSPS) is 21.6. The van der Waals surface area contributed by atoms with E-state index in [0.29, 0.717) is 12.0 Å². The van der Waals surface area contributed by atoms with Gasteiger partial charge in [0.2, 0.25) is 0 Å². The summed E-state index contributed by atoms with van der Waals surface area (Å²) in [4.78, 5) is 35.4. The number of imide groups is 1. The number of nitrogens with zero attached hydrogens (tertiary/aromatic N) is 2. The number of hydrogen-bond donors (Lipinski definition) is 1. The van der Waals surface area contributed by atoms with Crippen LogP contribution in [0.15, 0.2) is 18.2 Å². The molecule has 0 aromatic heterocycles. The van der Waals surface area contributed by atoms with Crippen molar-refractivity contribution in [1.29, 1.82) is 0 Å². The Hall–Kier alpha value is -2.15. The molecule has 0 saturated carbocycles. The van der Waals surface area contributed by atoms with Gasteiger partial charge in [0.25, 0.3) is 11.6 Å². The summed E-state index contributed by atoms with van der Waals surface area (Å²) in [5.41, 5.74) is -0.723. The van der Waals surface area contributed by atoms with Crippen molar-refractivity contribution in [2.24, 2.45) is 0 Å². The third kappa shape index (κ3) is 2.69. The van der Waals surface area contributed by atoms with Gasteiger partial charge in [0.15, 0.2) is 0 Å². The van der Waals surface area contributed by atoms with Gasteiger partial charge in [0.1, 0.15) is 5.54 Å². The summed E-state index contributed by atoms with van der Waals surface area (Å²) in [6.07, 6.45) is 0.455. The lowest BCUT2D eigenvalue weighted by Gasteiger charge is -2.19. The summed E-state index contributed by atoms with van der Waals surface area (Å²) >= 11 is 5.99. The van der Waals surface area contributed by atoms with Crippen LogP contribution in [0.5, 0.6) is 0 Å². The number of nitrogens with one attached hydrogen (secondary N) is 1. The molecular formula is C13H14ClN3O4. The summed E-state index contributed by atoms with van der Waals surface area (Å²) in [5.74, 6) is -0.363. The van der Waals surface area contributed by atoms with Crippen LogP contribution >= 0.6 is 11.6 Å². The second-order valence-corrected chi connectivity index (χ2v) is 5.45. The molecule has 3 amide bonds. The van der Waals surface area contributed by atoms with Crippen molar-refractivity contribution in [2.75, 3.05) is 0 Å². The maximum absolute atomic E-state index is 12.3. The Labute approximate surface area is 126 Å². The lowest BCUT2D eigenvalue weighted by molar-refractivity contribution is -0.384. The van der Waals surface area contributed by atoms with E-state index in [1.165, 1.54) is 18.2 Å². The molecule has 1 heterocycles. The van der Waals surface area contributed by atoms with E-state index >= 15 is 0 Å². The van der Waals surface area contributed by atoms with Gasteiger partial charge in [0.05, 0.1) is 11.5 Å². The second-order valence-electron chi connectivity index (χ2n) is 5.04. The number of non-ortho nitro benzene ring substituents is 1. The molecule has 1 fully saturated rings. The summed E-state index contributed by atoms with van der Waals surface area (Å²) in [5, 5.41) is 13.7. The fourth-order valence-electron chi connectivity index (χ4n) is 2.10. The molecule has 112 valence electrons. The van der Waals surface area contributed by atoms with Crippen LogP contribution in [0.4, 0.5) is 10.5 Å². The summed E-state index contributed by atoms with van der Waals surface area (Å²) < 4.78 is 0. The number of hydrogen-bond acceptors (Lipinski definition) is 4. The topological polar surface area (TPSA) is 92.6 Å². The van der Waals surface area contributed by atoms with Gasteiger partial charge in [-0.05, 0) is 25.0 Å². The largest absolute Gasteiger partial charge is 0.325 e. The molecule has 21 heavy (non-hydrogen) atoms. The molecule has 1 atom stereocenters. The standard InChI is InChI=1S/C13H14ClN3O4/c1-3-13(2)11(18)16(12(19)15-13)7-8-6-9(17(20)21)4-5-10(8)14/h4-6H,3,7H2,1-2H3,(H,15,19). The first-order chi connectivity index (χ1) is 9.78. The number of benzene rings is 1. The van der Waals surface area contributed by atoms with Gasteiger partial charge in [-0.15, -0.1) is 0 Å². The van der Waals surface area contributed by atoms with Crippen molar-refractivity contribution in [3.63, 3.8) is 0 Å². The molecule has 1 aromatic rings. The molecule has 1 aliphatic heterocycles. The van der Waals surface area contributed by atoms with E-state index in [4.69, 9.17) is 11.6 Å². The lowest BCUT2D eigenvalue weighted by atomic mass is 9.99. The minimum Gasteiger partial charge on any atom is -0.323 e. The fourth-order valence-corrected chi connectivity index (χ4v) is 2.27. The molecule has 1 unspecified atom stereocenters. The van der Waals surface area contributed by atoms with Crippen LogP contribution in [-0.2, 0) is 11.3 Å². The number of nitro benzene ring substituents is 1. The molecule has 0 spiro atoms. The highest BCUT2D eigenvalue weighted by molar-refractivity contribution is 6.31. The van der Waals surface area contributed by atoms with E-state index in [2.05, 4.69) is 5.32 Å². The minimum atomic E-state index is -0.940. The van der Waals surface area contributed by atoms with Crippen molar-refractivity contribution in [3.05, 3.63) is 38.9 Å². The maximum Gasteiger partial charge on any atom is 0.325 e. The molecule has 0 radical (unpaired) electrons. The average Bonchev–Trinajstić information content (AvgIpc) is 2.65. The van der Waals surface area contributed by atoms with Gasteiger partial charge < -0.3 is 5.32 Å². The molecule has 0 bridgehead atoms. The first kappa shape index (κ1) is 15.2. The van der Waals surface area contributed by atoms with Gasteiger partial charge in [-0.1, -0.05) is 18.5 Å². The van der Waals surface area contributed by atoms with Crippen LogP contribution < -0.4 is 5.32 Å². The van der Waals surface area contributed by atoms with Crippen molar-refractivity contribution in [3.8, 4) is 0 Å². The number of rotatable bonds is 4. The Morgan fingerprint density at radius 1 is 1.43 bits per heavy atom. The smallest absolute Gasteiger partial charge is 0.323 e. The zero-order valence-corrected chi connectivity index (χ0v) is 12.3. The molecule has 2 rings (SSSR count). The second kappa shape index (κ2) is 5.33. The van der Waals surface area contributed by atoms with Crippen LogP contribution in [0.3, 0.4) is 0 Å². The van der Waals surface area contributed by atoms with Crippen LogP contribution in [0, 0.1) is 10.1 Å². The summed E-state index contributed by atoms with van der Waals surface area (Å²) in [6, 6.07) is 3.40. The van der Waals surface area contributed by atoms with Crippen LogP contribution in [0.25, 0.3) is 0 Å². The Kier molecular flexibility index (Phi) is 3.87. The highest BCUT2D eigenvalue weighted by Gasteiger charge is 2.46. The van der Waals surface area contributed by atoms with E-state index < -0.39 is 16.5 Å². The number of amides is 3. The Morgan fingerprint density at radius 3 is 2.62 bits per heavy atom. The fraction of sp³-hybridized carbons (Fsp3) is 0.385. The average molecular weight is 312 g/mol. The Bertz CT molecular complexity index is 634. The number of carbonyl (C=O) groups is 2. The van der Waals surface area contributed by atoms with Crippen LogP contribution in [0.1, 0.15) is 25.8 Å². The molecule has 1 saturated heterocycles. The molecule has 7 nitrogen and oxygen atoms in total. The number of nitro groups is 1. The van der Waals surface area contributed by atoms with Gasteiger partial charge in [-0.2, -0.15) is 0 Å². The van der Waals surface area contributed by atoms with Crippen molar-refractivity contribution in [1.82, 2.24) is 10.2 Å². The van der Waals surface area contributed by atoms with Gasteiger partial charge in [-0.3, -0.25) is 19.8 Å². The number of halogens is 1. The highest BCUT2D eigenvalue weighted by atomic mass is 35.5.